The molecule has 4 aromatic heterocycles. The molecule has 456 valence electrons. The van der Waals surface area contributed by atoms with Gasteiger partial charge in [-0.1, -0.05) is 6.92 Å². The molecule has 9 aliphatic heterocycles. The van der Waals surface area contributed by atoms with Gasteiger partial charge in [0.15, 0.2) is 0 Å². The molecule has 13 heterocycles. The quantitative estimate of drug-likeness (QED) is 0.159. The Morgan fingerprint density at radius 2 is 0.952 bits per heavy atom. The molecule has 9 aliphatic rings. The number of fused-ring (bicyclic) bond motifs is 8. The van der Waals surface area contributed by atoms with Gasteiger partial charge in [0, 0.05) is 160 Å². The molecule has 0 aliphatic carbocycles. The third kappa shape index (κ3) is 13.5. The van der Waals surface area contributed by atoms with E-state index in [1.165, 1.54) is 6.42 Å². The lowest BCUT2D eigenvalue weighted by Gasteiger charge is -2.58. The first-order valence-corrected chi connectivity index (χ1v) is 30.4. The number of nitrogens with zero attached hydrogens (tertiary/aromatic N) is 12. The van der Waals surface area contributed by atoms with Gasteiger partial charge in [-0.25, -0.2) is 15.0 Å². The summed E-state index contributed by atoms with van der Waals surface area (Å²) in [6.07, 6.45) is 11.0. The number of hydrogen-bond acceptors (Lipinski definition) is 16. The Kier molecular flexibility index (Phi) is 19.6. The normalized spacial score (nSPS) is 25.3. The first kappa shape index (κ1) is 62.2. The number of aryl methyl sites for hydroxylation is 2. The van der Waals surface area contributed by atoms with Crippen molar-refractivity contribution in [3.8, 4) is 17.6 Å². The van der Waals surface area contributed by atoms with E-state index >= 15 is 0 Å². The third-order valence-corrected chi connectivity index (χ3v) is 18.2. The number of methoxy groups -OCH3 is 3. The van der Waals surface area contributed by atoms with Gasteiger partial charge in [0.1, 0.15) is 0 Å². The van der Waals surface area contributed by atoms with E-state index in [0.29, 0.717) is 102 Å². The molecule has 13 rings (SSSR count). The second-order valence-electron chi connectivity index (χ2n) is 25.7. The number of carbonyl (C=O) groups excluding carboxylic acids is 4. The Balaban J connectivity index is 0.000000135. The van der Waals surface area contributed by atoms with Gasteiger partial charge in [-0.05, 0) is 125 Å². The smallest absolute Gasteiger partial charge is 0.256 e. The molecular formula is C64H92N12O8. The van der Waals surface area contributed by atoms with E-state index in [9.17, 15) is 19.2 Å². The molecule has 0 saturated carbocycles. The monoisotopic (exact) mass is 1160 g/mol. The number of piperazine rings is 4. The summed E-state index contributed by atoms with van der Waals surface area (Å²) in [5, 5.41) is 0. The molecule has 8 unspecified atom stereocenters. The second-order valence-corrected chi connectivity index (χ2v) is 25.7. The zero-order valence-corrected chi connectivity index (χ0v) is 52.2. The number of pyridine rings is 4. The van der Waals surface area contributed by atoms with Crippen molar-refractivity contribution in [2.45, 2.75) is 174 Å². The highest BCUT2D eigenvalue weighted by atomic mass is 16.5. The molecule has 4 amide bonds. The maximum atomic E-state index is 12.9. The van der Waals surface area contributed by atoms with Crippen LogP contribution >= 0.6 is 0 Å². The molecule has 9 fully saturated rings. The zero-order chi connectivity index (χ0) is 60.3. The van der Waals surface area contributed by atoms with Crippen molar-refractivity contribution in [3.05, 3.63) is 101 Å². The Morgan fingerprint density at radius 1 is 0.524 bits per heavy atom. The van der Waals surface area contributed by atoms with E-state index in [-0.39, 0.29) is 41.3 Å². The maximum absolute atomic E-state index is 12.9. The molecule has 84 heavy (non-hydrogen) atoms. The third-order valence-electron chi connectivity index (χ3n) is 18.2. The second kappa shape index (κ2) is 26.5. The summed E-state index contributed by atoms with van der Waals surface area (Å²) in [6, 6.07) is 17.2. The molecule has 9 saturated heterocycles. The van der Waals surface area contributed by atoms with Crippen LogP contribution in [0.4, 0.5) is 0 Å². The van der Waals surface area contributed by atoms with Crippen LogP contribution in [-0.2, 0) is 11.2 Å². The van der Waals surface area contributed by atoms with E-state index in [1.54, 1.807) is 70.4 Å². The van der Waals surface area contributed by atoms with Crippen molar-refractivity contribution in [3.63, 3.8) is 0 Å². The average molecular weight is 1160 g/mol. The summed E-state index contributed by atoms with van der Waals surface area (Å²) in [6.45, 7) is 32.5. The van der Waals surface area contributed by atoms with Crippen LogP contribution < -0.4 is 14.2 Å². The molecule has 20 nitrogen and oxygen atoms in total. The Morgan fingerprint density at radius 3 is 1.33 bits per heavy atom. The zero-order valence-electron chi connectivity index (χ0n) is 52.2. The van der Waals surface area contributed by atoms with Crippen molar-refractivity contribution < 1.29 is 38.1 Å². The fourth-order valence-electron chi connectivity index (χ4n) is 13.5. The Labute approximate surface area is 498 Å². The van der Waals surface area contributed by atoms with Crippen LogP contribution in [0.2, 0.25) is 0 Å². The van der Waals surface area contributed by atoms with E-state index in [2.05, 4.69) is 114 Å². The largest absolute Gasteiger partial charge is 0.481 e. The minimum atomic E-state index is 0.0343. The molecular weight excluding hydrogens is 1060 g/mol. The molecule has 0 aromatic carbocycles. The van der Waals surface area contributed by atoms with Crippen molar-refractivity contribution in [1.82, 2.24) is 59.1 Å². The minimum Gasteiger partial charge on any atom is -0.481 e. The number of hydrogen-bond donors (Lipinski definition) is 0. The molecule has 20 heteroatoms. The number of morpholine rings is 1. The number of rotatable bonds is 11. The van der Waals surface area contributed by atoms with Crippen LogP contribution in [-0.4, -0.2) is 242 Å². The topological polar surface area (TPSA) is 183 Å². The standard InChI is InChI=1S/C17H25N3O3.C16H23N3O2.C16H23N3O.C15H21N3O2/c1-17(2,3)19-8-13-10-23-11-14(9-19)20(13)16(21)12-5-6-15(22-4)18-7-12;1-10(2)18-8-13-6-14(9-18)19(13)16(20)12-5-11(3)15(21-4)17-7-12;1-4-13-6-5-12(8-17-13)16(20)19-14-7-15(19)10-18(9-14)11(2)3;1-10(2)18-12-6-13(18)9-17(8-12)15(19)11-4-5-14(20-3)16-7-11/h5-7,13-14H,8-11H2,1-4H3;5,7,10,13-14H,6,8-9H2,1-4H3;5-6,8,11,14-15H,4,7,9-10H2,1-3H3;4-5,7,10,12-13H,6,8-9H2,1-3H3. The first-order chi connectivity index (χ1) is 40.1. The molecule has 4 aromatic rings. The van der Waals surface area contributed by atoms with Crippen LogP contribution in [0.5, 0.6) is 17.6 Å². The predicted molar refractivity (Wildman–Crippen MR) is 322 cm³/mol. The van der Waals surface area contributed by atoms with E-state index in [0.717, 1.165) is 88.4 Å². The fourth-order valence-corrected chi connectivity index (χ4v) is 13.5. The highest BCUT2D eigenvalue weighted by Crippen LogP contribution is 2.37. The van der Waals surface area contributed by atoms with Gasteiger partial charge in [0.2, 0.25) is 17.6 Å². The number of piperidine rings is 3. The molecule has 0 spiro atoms. The number of carbonyl (C=O) groups is 4. The van der Waals surface area contributed by atoms with Crippen LogP contribution in [0.1, 0.15) is 141 Å². The van der Waals surface area contributed by atoms with E-state index in [4.69, 9.17) is 18.9 Å². The number of likely N-dealkylation sites (tertiary alicyclic amines) is 4. The Bertz CT molecular complexity index is 2850. The SMILES string of the molecule is CCc1ccc(C(=O)N2C3CC2CN(C(C)C)C3)cn1.COc1ccc(C(=O)N2C3COCC2CN(C(C)(C)C)C3)cn1.COc1ccc(C(=O)N2CC3CC(C2)N3C(C)C)cn1.COc1ncc(C(=O)N2C3CC2CN(C(C)C)C3)cc1C. The van der Waals surface area contributed by atoms with Gasteiger partial charge in [-0.2, -0.15) is 0 Å². The predicted octanol–water partition coefficient (Wildman–Crippen LogP) is 6.47. The van der Waals surface area contributed by atoms with Crippen molar-refractivity contribution >= 4 is 23.6 Å². The van der Waals surface area contributed by atoms with Gasteiger partial charge in [0.25, 0.3) is 23.6 Å². The molecule has 8 atom stereocenters. The lowest BCUT2D eigenvalue weighted by atomic mass is 9.85. The van der Waals surface area contributed by atoms with Gasteiger partial charge >= 0.3 is 0 Å². The van der Waals surface area contributed by atoms with Crippen molar-refractivity contribution in [2.75, 3.05) is 86.9 Å². The maximum Gasteiger partial charge on any atom is 0.256 e. The highest BCUT2D eigenvalue weighted by molar-refractivity contribution is 5.96. The first-order valence-electron chi connectivity index (χ1n) is 30.4. The number of ether oxygens (including phenoxy) is 4. The average Bonchev–Trinajstić information content (AvgIpc) is 3.38. The molecule has 0 radical (unpaired) electrons. The van der Waals surface area contributed by atoms with Crippen molar-refractivity contribution in [1.29, 1.82) is 0 Å². The van der Waals surface area contributed by atoms with Gasteiger partial charge in [0.05, 0.1) is 68.9 Å². The summed E-state index contributed by atoms with van der Waals surface area (Å²) in [7, 11) is 4.73. The Hall–Kier alpha value is -6.32. The van der Waals surface area contributed by atoms with Gasteiger partial charge in [-0.15, -0.1) is 0 Å². The van der Waals surface area contributed by atoms with E-state index < -0.39 is 0 Å². The lowest BCUT2D eigenvalue weighted by Crippen LogP contribution is -2.70. The summed E-state index contributed by atoms with van der Waals surface area (Å²) in [5.41, 5.74) is 4.69. The van der Waals surface area contributed by atoms with Crippen molar-refractivity contribution in [2.24, 2.45) is 0 Å². The number of aromatic nitrogens is 4. The summed E-state index contributed by atoms with van der Waals surface area (Å²) >= 11 is 0. The van der Waals surface area contributed by atoms with E-state index in [1.807, 2.05) is 39.8 Å². The lowest BCUT2D eigenvalue weighted by molar-refractivity contribution is -0.0965. The number of amides is 4. The molecule has 0 N–H and O–H groups in total. The fraction of sp³-hybridized carbons (Fsp3) is 0.625. The van der Waals surface area contributed by atoms with Crippen LogP contribution in [0.15, 0.2) is 67.3 Å². The summed E-state index contributed by atoms with van der Waals surface area (Å²) in [4.78, 5) is 85.5. The minimum absolute atomic E-state index is 0.0343. The molecule has 8 bridgehead atoms. The summed E-state index contributed by atoms with van der Waals surface area (Å²) in [5.74, 6) is 2.02. The summed E-state index contributed by atoms with van der Waals surface area (Å²) < 4.78 is 20.9. The van der Waals surface area contributed by atoms with Crippen LogP contribution in [0.25, 0.3) is 0 Å². The van der Waals surface area contributed by atoms with Gasteiger partial charge < -0.3 is 38.5 Å². The highest BCUT2D eigenvalue weighted by Gasteiger charge is 2.50. The van der Waals surface area contributed by atoms with Gasteiger partial charge in [-0.3, -0.25) is 43.8 Å². The van der Waals surface area contributed by atoms with Crippen LogP contribution in [0, 0.1) is 6.92 Å². The van der Waals surface area contributed by atoms with Crippen LogP contribution in [0.3, 0.4) is 0 Å².